The standard InChI is InChI=1S/C17H17FN2O/c18-14-6-3-5-13(10-14)17(21)20-9-8-12-4-1-2-7-15(12)16(20)11-19/h1-7,10,16H,8-9,11,19H2. The van der Waals surface area contributed by atoms with Crippen LogP contribution < -0.4 is 5.73 Å². The molecule has 1 unspecified atom stereocenters. The van der Waals surface area contributed by atoms with Crippen LogP contribution in [0.5, 0.6) is 0 Å². The number of fused-ring (bicyclic) bond motifs is 1. The first-order valence-corrected chi connectivity index (χ1v) is 7.05. The Labute approximate surface area is 123 Å². The highest BCUT2D eigenvalue weighted by Gasteiger charge is 2.30. The Bertz CT molecular complexity index is 671. The van der Waals surface area contributed by atoms with Gasteiger partial charge >= 0.3 is 0 Å². The summed E-state index contributed by atoms with van der Waals surface area (Å²) in [6.45, 7) is 0.965. The highest BCUT2D eigenvalue weighted by atomic mass is 19.1. The highest BCUT2D eigenvalue weighted by molar-refractivity contribution is 5.94. The molecule has 3 rings (SSSR count). The number of benzene rings is 2. The summed E-state index contributed by atoms with van der Waals surface area (Å²) >= 11 is 0. The third-order valence-corrected chi connectivity index (χ3v) is 3.97. The normalized spacial score (nSPS) is 17.4. The minimum atomic E-state index is -0.400. The molecule has 0 spiro atoms. The van der Waals surface area contributed by atoms with Crippen LogP contribution in [-0.2, 0) is 6.42 Å². The van der Waals surface area contributed by atoms with Crippen molar-refractivity contribution in [2.75, 3.05) is 13.1 Å². The zero-order valence-electron chi connectivity index (χ0n) is 11.6. The fourth-order valence-electron chi connectivity index (χ4n) is 2.94. The number of carbonyl (C=O) groups is 1. The van der Waals surface area contributed by atoms with Crippen LogP contribution in [-0.4, -0.2) is 23.9 Å². The van der Waals surface area contributed by atoms with Gasteiger partial charge in [-0.3, -0.25) is 4.79 Å². The SMILES string of the molecule is NCC1c2ccccc2CCN1C(=O)c1cccc(F)c1. The third kappa shape index (κ3) is 2.54. The lowest BCUT2D eigenvalue weighted by Crippen LogP contribution is -2.43. The Balaban J connectivity index is 1.94. The molecule has 1 amide bonds. The number of rotatable bonds is 2. The van der Waals surface area contributed by atoms with Crippen molar-refractivity contribution in [2.45, 2.75) is 12.5 Å². The quantitative estimate of drug-likeness (QED) is 0.921. The largest absolute Gasteiger partial charge is 0.330 e. The minimum absolute atomic E-state index is 0.147. The van der Waals surface area contributed by atoms with Crippen LogP contribution in [0.1, 0.15) is 27.5 Å². The molecular formula is C17H17FN2O. The lowest BCUT2D eigenvalue weighted by molar-refractivity contribution is 0.0667. The predicted octanol–water partition coefficient (Wildman–Crippen LogP) is 2.52. The Morgan fingerprint density at radius 3 is 2.81 bits per heavy atom. The Kier molecular flexibility index (Phi) is 3.71. The number of halogens is 1. The molecule has 108 valence electrons. The lowest BCUT2D eigenvalue weighted by Gasteiger charge is -2.36. The molecule has 1 aliphatic rings. The van der Waals surface area contributed by atoms with Crippen molar-refractivity contribution in [3.8, 4) is 0 Å². The van der Waals surface area contributed by atoms with E-state index in [9.17, 15) is 9.18 Å². The van der Waals surface area contributed by atoms with Crippen LogP contribution in [0.25, 0.3) is 0 Å². The molecule has 4 heteroatoms. The molecule has 1 aliphatic heterocycles. The second-order valence-corrected chi connectivity index (χ2v) is 5.21. The summed E-state index contributed by atoms with van der Waals surface area (Å²) in [4.78, 5) is 14.4. The van der Waals surface area contributed by atoms with Gasteiger partial charge in [-0.05, 0) is 35.7 Å². The van der Waals surface area contributed by atoms with Gasteiger partial charge in [0, 0.05) is 18.7 Å². The first-order valence-electron chi connectivity index (χ1n) is 7.05. The van der Waals surface area contributed by atoms with Crippen molar-refractivity contribution in [3.63, 3.8) is 0 Å². The molecule has 0 fully saturated rings. The molecule has 1 heterocycles. The molecule has 0 saturated heterocycles. The molecule has 0 radical (unpaired) electrons. The van der Waals surface area contributed by atoms with Gasteiger partial charge in [-0.15, -0.1) is 0 Å². The second kappa shape index (κ2) is 5.66. The molecule has 1 atom stereocenters. The average molecular weight is 284 g/mol. The summed E-state index contributed by atoms with van der Waals surface area (Å²) < 4.78 is 13.3. The van der Waals surface area contributed by atoms with Crippen LogP contribution in [0.3, 0.4) is 0 Å². The monoisotopic (exact) mass is 284 g/mol. The molecule has 2 aromatic rings. The van der Waals surface area contributed by atoms with E-state index in [1.54, 1.807) is 17.0 Å². The zero-order chi connectivity index (χ0) is 14.8. The summed E-state index contributed by atoms with van der Waals surface area (Å²) in [6, 6.07) is 13.7. The average Bonchev–Trinajstić information content (AvgIpc) is 2.53. The number of hydrogen-bond donors (Lipinski definition) is 1. The minimum Gasteiger partial charge on any atom is -0.330 e. The zero-order valence-corrected chi connectivity index (χ0v) is 11.6. The van der Waals surface area contributed by atoms with Crippen molar-refractivity contribution in [1.29, 1.82) is 0 Å². The van der Waals surface area contributed by atoms with Gasteiger partial charge in [-0.2, -0.15) is 0 Å². The van der Waals surface area contributed by atoms with Crippen molar-refractivity contribution in [3.05, 3.63) is 71.0 Å². The molecule has 0 aromatic heterocycles. The number of hydrogen-bond acceptors (Lipinski definition) is 2. The summed E-state index contributed by atoms with van der Waals surface area (Å²) in [5, 5.41) is 0. The second-order valence-electron chi connectivity index (χ2n) is 5.21. The number of amides is 1. The predicted molar refractivity (Wildman–Crippen MR) is 79.4 cm³/mol. The molecule has 3 nitrogen and oxygen atoms in total. The van der Waals surface area contributed by atoms with Crippen LogP contribution in [0.15, 0.2) is 48.5 Å². The maximum atomic E-state index is 13.3. The molecule has 0 bridgehead atoms. The molecule has 0 saturated carbocycles. The Morgan fingerprint density at radius 2 is 2.05 bits per heavy atom. The maximum absolute atomic E-state index is 13.3. The van der Waals surface area contributed by atoms with Gasteiger partial charge in [-0.1, -0.05) is 30.3 Å². The van der Waals surface area contributed by atoms with Gasteiger partial charge < -0.3 is 10.6 Å². The van der Waals surface area contributed by atoms with E-state index in [-0.39, 0.29) is 11.9 Å². The van der Waals surface area contributed by atoms with E-state index in [1.165, 1.54) is 17.7 Å². The van der Waals surface area contributed by atoms with Crippen LogP contribution in [0.4, 0.5) is 4.39 Å². The molecule has 21 heavy (non-hydrogen) atoms. The summed E-state index contributed by atoms with van der Waals surface area (Å²) in [5.74, 6) is -0.568. The number of nitrogens with two attached hydrogens (primary N) is 1. The molecule has 2 N–H and O–H groups in total. The maximum Gasteiger partial charge on any atom is 0.254 e. The van der Waals surface area contributed by atoms with E-state index in [0.717, 1.165) is 12.0 Å². The topological polar surface area (TPSA) is 46.3 Å². The van der Waals surface area contributed by atoms with Gasteiger partial charge in [0.05, 0.1) is 6.04 Å². The van der Waals surface area contributed by atoms with E-state index in [4.69, 9.17) is 5.73 Å². The fourth-order valence-corrected chi connectivity index (χ4v) is 2.94. The fraction of sp³-hybridized carbons (Fsp3) is 0.235. The van der Waals surface area contributed by atoms with E-state index in [0.29, 0.717) is 18.7 Å². The van der Waals surface area contributed by atoms with Gasteiger partial charge in [-0.25, -0.2) is 4.39 Å². The van der Waals surface area contributed by atoms with Crippen molar-refractivity contribution < 1.29 is 9.18 Å². The van der Waals surface area contributed by atoms with Crippen molar-refractivity contribution >= 4 is 5.91 Å². The van der Waals surface area contributed by atoms with Gasteiger partial charge in [0.2, 0.25) is 0 Å². The van der Waals surface area contributed by atoms with Gasteiger partial charge in [0.25, 0.3) is 5.91 Å². The summed E-state index contributed by atoms with van der Waals surface area (Å²) in [7, 11) is 0. The first-order chi connectivity index (χ1) is 10.2. The van der Waals surface area contributed by atoms with Crippen LogP contribution >= 0.6 is 0 Å². The Morgan fingerprint density at radius 1 is 1.24 bits per heavy atom. The molecule has 2 aromatic carbocycles. The van der Waals surface area contributed by atoms with Gasteiger partial charge in [0.15, 0.2) is 0 Å². The lowest BCUT2D eigenvalue weighted by atomic mass is 9.92. The number of carbonyl (C=O) groups excluding carboxylic acids is 1. The third-order valence-electron chi connectivity index (χ3n) is 3.97. The molecule has 0 aliphatic carbocycles. The van der Waals surface area contributed by atoms with E-state index < -0.39 is 5.82 Å². The van der Waals surface area contributed by atoms with Crippen molar-refractivity contribution in [1.82, 2.24) is 4.90 Å². The van der Waals surface area contributed by atoms with E-state index in [2.05, 4.69) is 6.07 Å². The Hall–Kier alpha value is -2.20. The highest BCUT2D eigenvalue weighted by Crippen LogP contribution is 2.30. The smallest absolute Gasteiger partial charge is 0.254 e. The van der Waals surface area contributed by atoms with Crippen LogP contribution in [0.2, 0.25) is 0 Å². The van der Waals surface area contributed by atoms with Gasteiger partial charge in [0.1, 0.15) is 5.82 Å². The van der Waals surface area contributed by atoms with E-state index in [1.807, 2.05) is 18.2 Å². The van der Waals surface area contributed by atoms with Crippen LogP contribution in [0, 0.1) is 5.82 Å². The summed E-state index contributed by atoms with van der Waals surface area (Å²) in [5.41, 5.74) is 8.58. The molecular weight excluding hydrogens is 267 g/mol. The number of nitrogens with zero attached hydrogens (tertiary/aromatic N) is 1. The van der Waals surface area contributed by atoms with E-state index >= 15 is 0 Å². The summed E-state index contributed by atoms with van der Waals surface area (Å²) in [6.07, 6.45) is 0.799. The first kappa shape index (κ1) is 13.8. The van der Waals surface area contributed by atoms with Crippen molar-refractivity contribution in [2.24, 2.45) is 5.73 Å².